The van der Waals surface area contributed by atoms with E-state index in [1.165, 1.54) is 18.4 Å². The smallest absolute Gasteiger partial charge is 0.228 e. The molecule has 0 saturated carbocycles. The Morgan fingerprint density at radius 1 is 0.969 bits per heavy atom. The van der Waals surface area contributed by atoms with E-state index in [0.717, 1.165) is 54.4 Å². The number of fused-ring (bicyclic) bond motifs is 1. The number of aromatic nitrogens is 3. The van der Waals surface area contributed by atoms with Gasteiger partial charge in [-0.05, 0) is 49.9 Å². The topological polar surface area (TPSA) is 62.2 Å². The Hall–Kier alpha value is -3.12. The first-order valence-corrected chi connectivity index (χ1v) is 11.5. The third kappa shape index (κ3) is 4.28. The number of pyridine rings is 1. The first kappa shape index (κ1) is 20.8. The summed E-state index contributed by atoms with van der Waals surface area (Å²) < 4.78 is 0. The van der Waals surface area contributed by atoms with Crippen LogP contribution in [0.2, 0.25) is 0 Å². The molecule has 1 amide bonds. The minimum Gasteiger partial charge on any atom is -0.292 e. The van der Waals surface area contributed by atoms with Crippen molar-refractivity contribution in [3.8, 4) is 0 Å². The van der Waals surface area contributed by atoms with Gasteiger partial charge in [-0.25, -0.2) is 9.97 Å². The minimum absolute atomic E-state index is 0.140. The van der Waals surface area contributed by atoms with Gasteiger partial charge in [-0.2, -0.15) is 0 Å². The van der Waals surface area contributed by atoms with Crippen LogP contribution in [-0.4, -0.2) is 32.3 Å². The number of likely N-dealkylation sites (tertiary alicyclic amines) is 1. The lowest BCUT2D eigenvalue weighted by Gasteiger charge is -2.36. The monoisotopic (exact) mass is 427 g/mol. The summed E-state index contributed by atoms with van der Waals surface area (Å²) in [6, 6.07) is 14.4. The number of nitrogens with zero attached hydrogens (tertiary/aromatic N) is 5. The van der Waals surface area contributed by atoms with E-state index in [9.17, 15) is 4.79 Å². The van der Waals surface area contributed by atoms with Crippen LogP contribution in [0, 0.1) is 6.92 Å². The Balaban J connectivity index is 1.48. The first-order valence-electron chi connectivity index (χ1n) is 11.5. The molecular formula is C26H29N5O. The van der Waals surface area contributed by atoms with E-state index >= 15 is 0 Å². The number of amides is 1. The maximum Gasteiger partial charge on any atom is 0.228 e. The maximum atomic E-state index is 12.9. The molecule has 6 nitrogen and oxygen atoms in total. The molecule has 2 aromatic heterocycles. The van der Waals surface area contributed by atoms with Crippen molar-refractivity contribution in [3.05, 3.63) is 83.1 Å². The number of piperidine rings is 1. The molecule has 2 aliphatic heterocycles. The molecular weight excluding hydrogens is 398 g/mol. The molecule has 1 atom stereocenters. The molecule has 164 valence electrons. The van der Waals surface area contributed by atoms with Crippen LogP contribution in [0.25, 0.3) is 0 Å². The zero-order valence-corrected chi connectivity index (χ0v) is 18.6. The molecule has 0 spiro atoms. The molecule has 2 aliphatic rings. The van der Waals surface area contributed by atoms with Crippen molar-refractivity contribution in [2.75, 3.05) is 11.4 Å². The first-order chi connectivity index (χ1) is 15.7. The molecule has 32 heavy (non-hydrogen) atoms. The van der Waals surface area contributed by atoms with Crippen molar-refractivity contribution >= 4 is 11.7 Å². The Bertz CT molecular complexity index is 1090. The summed E-state index contributed by atoms with van der Waals surface area (Å²) >= 11 is 0. The summed E-state index contributed by atoms with van der Waals surface area (Å²) in [6.45, 7) is 4.47. The van der Waals surface area contributed by atoms with Gasteiger partial charge in [-0.15, -0.1) is 0 Å². The highest BCUT2D eigenvalue weighted by atomic mass is 16.2. The second kappa shape index (κ2) is 9.17. The van der Waals surface area contributed by atoms with Crippen molar-refractivity contribution in [3.63, 3.8) is 0 Å². The van der Waals surface area contributed by atoms with Crippen LogP contribution < -0.4 is 4.90 Å². The molecule has 1 aromatic carbocycles. The van der Waals surface area contributed by atoms with Crippen molar-refractivity contribution in [1.29, 1.82) is 0 Å². The van der Waals surface area contributed by atoms with Crippen molar-refractivity contribution in [1.82, 2.24) is 19.9 Å². The van der Waals surface area contributed by atoms with E-state index in [0.29, 0.717) is 13.0 Å². The van der Waals surface area contributed by atoms with Gasteiger partial charge in [0.15, 0.2) is 0 Å². The number of anilines is 1. The van der Waals surface area contributed by atoms with Gasteiger partial charge in [0.2, 0.25) is 5.91 Å². The summed E-state index contributed by atoms with van der Waals surface area (Å²) in [5, 5.41) is 0. The van der Waals surface area contributed by atoms with Crippen molar-refractivity contribution in [2.45, 2.75) is 58.2 Å². The van der Waals surface area contributed by atoms with E-state index in [2.05, 4.69) is 35.0 Å². The van der Waals surface area contributed by atoms with Crippen LogP contribution in [0.3, 0.4) is 0 Å². The van der Waals surface area contributed by atoms with E-state index in [4.69, 9.17) is 9.97 Å². The zero-order valence-electron chi connectivity index (χ0n) is 18.6. The van der Waals surface area contributed by atoms with Gasteiger partial charge >= 0.3 is 0 Å². The minimum atomic E-state index is 0.140. The summed E-state index contributed by atoms with van der Waals surface area (Å²) in [7, 11) is 0. The Labute approximate surface area is 189 Å². The Morgan fingerprint density at radius 2 is 1.81 bits per heavy atom. The van der Waals surface area contributed by atoms with Crippen LogP contribution in [0.5, 0.6) is 0 Å². The number of hydrogen-bond donors (Lipinski definition) is 0. The molecule has 0 bridgehead atoms. The molecule has 0 radical (unpaired) electrons. The van der Waals surface area contributed by atoms with Crippen LogP contribution in [-0.2, 0) is 24.3 Å². The van der Waals surface area contributed by atoms with Gasteiger partial charge in [0, 0.05) is 36.6 Å². The van der Waals surface area contributed by atoms with E-state index < -0.39 is 0 Å². The largest absolute Gasteiger partial charge is 0.292 e. The molecule has 1 unspecified atom stereocenters. The van der Waals surface area contributed by atoms with Crippen LogP contribution in [0.15, 0.2) is 54.9 Å². The predicted molar refractivity (Wildman–Crippen MR) is 124 cm³/mol. The van der Waals surface area contributed by atoms with Gasteiger partial charge in [-0.3, -0.25) is 19.6 Å². The summed E-state index contributed by atoms with van der Waals surface area (Å²) in [6.07, 6.45) is 8.36. The molecule has 3 aromatic rings. The van der Waals surface area contributed by atoms with Gasteiger partial charge in [0.05, 0.1) is 12.6 Å². The standard InChI is InChI=1S/C26H29N5O/c1-19-22-12-13-24(32)31(18-20-8-3-2-4-9-20)26(22)29-25(28-19)23-11-5-6-15-30(23)17-21-10-7-14-27-16-21/h2-4,7-10,14,16,23H,5-6,11-13,15,17-18H2,1H3. The van der Waals surface area contributed by atoms with Gasteiger partial charge in [0.25, 0.3) is 0 Å². The molecule has 1 saturated heterocycles. The van der Waals surface area contributed by atoms with E-state index in [1.54, 1.807) is 0 Å². The summed E-state index contributed by atoms with van der Waals surface area (Å²) in [5.41, 5.74) is 4.43. The molecule has 0 N–H and O–H groups in total. The van der Waals surface area contributed by atoms with Gasteiger partial charge in [-0.1, -0.05) is 42.8 Å². The average Bonchev–Trinajstić information content (AvgIpc) is 2.82. The van der Waals surface area contributed by atoms with Crippen molar-refractivity contribution < 1.29 is 4.79 Å². The van der Waals surface area contributed by atoms with E-state index in [-0.39, 0.29) is 11.9 Å². The van der Waals surface area contributed by atoms with Crippen LogP contribution in [0.4, 0.5) is 5.82 Å². The fourth-order valence-corrected chi connectivity index (χ4v) is 4.88. The molecule has 5 rings (SSSR count). The summed E-state index contributed by atoms with van der Waals surface area (Å²) in [4.78, 5) is 31.5. The third-order valence-electron chi connectivity index (χ3n) is 6.56. The second-order valence-corrected chi connectivity index (χ2v) is 8.78. The highest BCUT2D eigenvalue weighted by Gasteiger charge is 2.32. The number of rotatable bonds is 5. The SMILES string of the molecule is Cc1nc(C2CCCCN2Cc2cccnc2)nc2c1CCC(=O)N2Cc1ccccc1. The molecule has 1 fully saturated rings. The van der Waals surface area contributed by atoms with Crippen molar-refractivity contribution in [2.24, 2.45) is 0 Å². The lowest BCUT2D eigenvalue weighted by atomic mass is 9.98. The fourth-order valence-electron chi connectivity index (χ4n) is 4.88. The number of hydrogen-bond acceptors (Lipinski definition) is 5. The maximum absolute atomic E-state index is 12.9. The quantitative estimate of drug-likeness (QED) is 0.604. The fraction of sp³-hybridized carbons (Fsp3) is 0.385. The normalized spacial score (nSPS) is 19.1. The number of carbonyl (C=O) groups is 1. The Kier molecular flexibility index (Phi) is 5.95. The highest BCUT2D eigenvalue weighted by molar-refractivity contribution is 5.95. The lowest BCUT2D eigenvalue weighted by Crippen LogP contribution is -2.38. The lowest BCUT2D eigenvalue weighted by molar-refractivity contribution is -0.119. The summed E-state index contributed by atoms with van der Waals surface area (Å²) in [5.74, 6) is 1.79. The van der Waals surface area contributed by atoms with Crippen LogP contribution >= 0.6 is 0 Å². The second-order valence-electron chi connectivity index (χ2n) is 8.78. The van der Waals surface area contributed by atoms with Gasteiger partial charge in [0.1, 0.15) is 11.6 Å². The molecule has 4 heterocycles. The number of benzene rings is 1. The predicted octanol–water partition coefficient (Wildman–Crippen LogP) is 4.39. The average molecular weight is 428 g/mol. The number of aryl methyl sites for hydroxylation is 1. The molecule has 6 heteroatoms. The van der Waals surface area contributed by atoms with E-state index in [1.807, 2.05) is 41.6 Å². The number of carbonyl (C=O) groups excluding carboxylic acids is 1. The third-order valence-corrected chi connectivity index (χ3v) is 6.56. The molecule has 0 aliphatic carbocycles. The zero-order chi connectivity index (χ0) is 21.9. The highest BCUT2D eigenvalue weighted by Crippen LogP contribution is 2.35. The van der Waals surface area contributed by atoms with Crippen LogP contribution in [0.1, 0.15) is 59.9 Å². The Morgan fingerprint density at radius 3 is 2.62 bits per heavy atom. The van der Waals surface area contributed by atoms with Gasteiger partial charge < -0.3 is 0 Å².